The van der Waals surface area contributed by atoms with E-state index in [0.29, 0.717) is 23.6 Å². The van der Waals surface area contributed by atoms with Crippen LogP contribution in [-0.4, -0.2) is 50.6 Å². The van der Waals surface area contributed by atoms with Gasteiger partial charge in [0.15, 0.2) is 5.75 Å². The number of aromatic nitrogens is 2. The summed E-state index contributed by atoms with van der Waals surface area (Å²) in [5.41, 5.74) is -1.37. The second kappa shape index (κ2) is 10.9. The summed E-state index contributed by atoms with van der Waals surface area (Å²) in [5, 5.41) is 3.32. The van der Waals surface area contributed by atoms with Gasteiger partial charge in [0.05, 0.1) is 30.8 Å². The van der Waals surface area contributed by atoms with E-state index in [0.717, 1.165) is 42.8 Å². The molecule has 1 aliphatic rings. The number of esters is 1. The molecule has 1 aromatic carbocycles. The van der Waals surface area contributed by atoms with Crippen molar-refractivity contribution in [2.24, 2.45) is 0 Å². The maximum absolute atomic E-state index is 12.5. The van der Waals surface area contributed by atoms with Crippen molar-refractivity contribution in [3.05, 3.63) is 71.7 Å². The smallest absolute Gasteiger partial charge is 0.465 e. The molecule has 1 N–H and O–H groups in total. The highest BCUT2D eigenvalue weighted by atomic mass is 32.2. The summed E-state index contributed by atoms with van der Waals surface area (Å²) in [4.78, 5) is 21.9. The normalized spacial score (nSPS) is 15.3. The maximum atomic E-state index is 12.5. The van der Waals surface area contributed by atoms with Crippen molar-refractivity contribution in [2.45, 2.75) is 30.7 Å². The van der Waals surface area contributed by atoms with E-state index in [-0.39, 0.29) is 5.92 Å². The number of nitrogens with zero attached hydrogens (tertiary/aromatic N) is 3. The highest BCUT2D eigenvalue weighted by Gasteiger charge is 2.48. The topological polar surface area (TPSA) is 111 Å². The van der Waals surface area contributed by atoms with Crippen LogP contribution in [0.3, 0.4) is 0 Å². The molecule has 0 fully saturated rings. The lowest BCUT2D eigenvalue weighted by Gasteiger charge is -2.28. The molecule has 1 aliphatic carbocycles. The number of benzene rings is 1. The fourth-order valence-corrected chi connectivity index (χ4v) is 4.75. The summed E-state index contributed by atoms with van der Waals surface area (Å²) in [6.45, 7) is 0.599. The summed E-state index contributed by atoms with van der Waals surface area (Å²) in [7, 11) is -2.69. The fourth-order valence-electron chi connectivity index (χ4n) is 4.30. The van der Waals surface area contributed by atoms with Crippen LogP contribution in [0.1, 0.15) is 40.2 Å². The number of carbonyl (C=O) groups is 1. The molecule has 0 spiro atoms. The second-order valence-corrected chi connectivity index (χ2v) is 10.2. The van der Waals surface area contributed by atoms with Crippen LogP contribution in [0.4, 0.5) is 30.4 Å². The van der Waals surface area contributed by atoms with Crippen molar-refractivity contribution in [1.29, 1.82) is 0 Å². The quantitative estimate of drug-likeness (QED) is 0.240. The number of hydrogen-bond donors (Lipinski definition) is 1. The van der Waals surface area contributed by atoms with Gasteiger partial charge in [-0.15, -0.1) is 0 Å². The molecule has 1 atom stereocenters. The van der Waals surface area contributed by atoms with Gasteiger partial charge in [0.1, 0.15) is 5.82 Å². The summed E-state index contributed by atoms with van der Waals surface area (Å²) in [5.74, 6) is -0.386. The van der Waals surface area contributed by atoms with Crippen molar-refractivity contribution < 1.29 is 35.3 Å². The van der Waals surface area contributed by atoms with E-state index in [1.54, 1.807) is 24.2 Å². The van der Waals surface area contributed by atoms with Crippen LogP contribution in [0.2, 0.25) is 0 Å². The van der Waals surface area contributed by atoms with E-state index in [4.69, 9.17) is 4.74 Å². The van der Waals surface area contributed by atoms with Crippen LogP contribution < -0.4 is 14.4 Å². The van der Waals surface area contributed by atoms with E-state index in [1.807, 2.05) is 18.2 Å². The van der Waals surface area contributed by atoms with Crippen LogP contribution >= 0.6 is 0 Å². The molecule has 0 saturated heterocycles. The Hall–Kier alpha value is -3.87. The molecule has 4 rings (SSSR count). The Balaban J connectivity index is 1.47. The molecule has 2 heterocycles. The number of hydrogen-bond acceptors (Lipinski definition) is 9. The second-order valence-electron chi connectivity index (χ2n) is 8.66. The van der Waals surface area contributed by atoms with E-state index in [1.165, 1.54) is 24.9 Å². The maximum Gasteiger partial charge on any atom is 0.534 e. The van der Waals surface area contributed by atoms with E-state index in [2.05, 4.69) is 19.5 Å². The number of methoxy groups -OCH3 is 1. The Kier molecular flexibility index (Phi) is 7.76. The molecule has 38 heavy (non-hydrogen) atoms. The van der Waals surface area contributed by atoms with Gasteiger partial charge in [-0.05, 0) is 60.7 Å². The first-order valence-corrected chi connectivity index (χ1v) is 13.0. The minimum atomic E-state index is -5.77. The largest absolute Gasteiger partial charge is 0.534 e. The van der Waals surface area contributed by atoms with Gasteiger partial charge in [-0.1, -0.05) is 6.07 Å². The number of carbonyl (C=O) groups excluding carboxylic acids is 1. The van der Waals surface area contributed by atoms with Gasteiger partial charge in [0.2, 0.25) is 0 Å². The monoisotopic (exact) mass is 550 g/mol. The van der Waals surface area contributed by atoms with Crippen LogP contribution in [0, 0.1) is 0 Å². The molecule has 0 unspecified atom stereocenters. The zero-order valence-electron chi connectivity index (χ0n) is 20.5. The van der Waals surface area contributed by atoms with Crippen molar-refractivity contribution in [3.63, 3.8) is 0 Å². The van der Waals surface area contributed by atoms with Crippen molar-refractivity contribution in [2.75, 3.05) is 30.9 Å². The minimum absolute atomic E-state index is 0.203. The number of ether oxygens (including phenoxy) is 1. The van der Waals surface area contributed by atoms with Crippen LogP contribution in [0.15, 0.2) is 55.0 Å². The van der Waals surface area contributed by atoms with Crippen molar-refractivity contribution in [3.8, 4) is 5.75 Å². The fraction of sp³-hybridized carbons (Fsp3) is 0.320. The Morgan fingerprint density at radius 1 is 1.18 bits per heavy atom. The zero-order chi connectivity index (χ0) is 27.5. The number of aryl methyl sites for hydroxylation is 1. The van der Waals surface area contributed by atoms with E-state index >= 15 is 0 Å². The highest BCUT2D eigenvalue weighted by Crippen LogP contribution is 2.36. The van der Waals surface area contributed by atoms with Gasteiger partial charge >= 0.3 is 21.6 Å². The molecule has 0 saturated carbocycles. The van der Waals surface area contributed by atoms with Gasteiger partial charge < -0.3 is 19.1 Å². The first-order valence-electron chi connectivity index (χ1n) is 11.6. The molecule has 0 amide bonds. The number of nitrogens with one attached hydrogen (secondary N) is 1. The Morgan fingerprint density at radius 2 is 1.97 bits per heavy atom. The zero-order valence-corrected chi connectivity index (χ0v) is 21.3. The number of fused-ring (bicyclic) bond motifs is 1. The van der Waals surface area contributed by atoms with Gasteiger partial charge in [-0.3, -0.25) is 4.98 Å². The molecule has 0 bridgehead atoms. The molecule has 0 aliphatic heterocycles. The van der Waals surface area contributed by atoms with Gasteiger partial charge in [0, 0.05) is 31.4 Å². The van der Waals surface area contributed by atoms with Gasteiger partial charge in [-0.2, -0.15) is 21.6 Å². The molecule has 13 heteroatoms. The van der Waals surface area contributed by atoms with Gasteiger partial charge in [0.25, 0.3) is 0 Å². The third kappa shape index (κ3) is 5.82. The Morgan fingerprint density at radius 3 is 2.66 bits per heavy atom. The Bertz CT molecular complexity index is 1420. The average Bonchev–Trinajstić information content (AvgIpc) is 2.90. The third-order valence-corrected chi connectivity index (χ3v) is 7.25. The number of pyridine rings is 2. The molecule has 9 nitrogen and oxygen atoms in total. The van der Waals surface area contributed by atoms with Crippen molar-refractivity contribution in [1.82, 2.24) is 9.97 Å². The van der Waals surface area contributed by atoms with Crippen LogP contribution in [0.25, 0.3) is 0 Å². The number of anilines is 3. The van der Waals surface area contributed by atoms with Gasteiger partial charge in [-0.25, -0.2) is 9.78 Å². The van der Waals surface area contributed by atoms with E-state index in [9.17, 15) is 26.4 Å². The standard InChI is InChI=1S/C25H25F3N4O5S/c1-32(23-9-7-19(14-31-23)37-38(34,35)25(26,27)28)18-6-8-20-16(12-18)4-3-5-17(20)13-30-22-15-29-11-10-21(22)24(33)36-2/h6-12,14-15,17,30H,3-5,13H2,1-2H3/t17-/m0/s1. The first-order chi connectivity index (χ1) is 18.0. The predicted octanol–water partition coefficient (Wildman–Crippen LogP) is 4.79. The molecule has 202 valence electrons. The van der Waals surface area contributed by atoms with Crippen LogP contribution in [0.5, 0.6) is 5.75 Å². The summed E-state index contributed by atoms with van der Waals surface area (Å²) >= 11 is 0. The molecule has 0 radical (unpaired) electrons. The molecular formula is C25H25F3N4O5S. The number of halogens is 3. The number of alkyl halides is 3. The minimum Gasteiger partial charge on any atom is -0.465 e. The molecule has 3 aromatic rings. The summed E-state index contributed by atoms with van der Waals surface area (Å²) in [6.07, 6.45) is 6.87. The highest BCUT2D eigenvalue weighted by molar-refractivity contribution is 7.88. The SMILES string of the molecule is COC(=O)c1ccncc1NC[C@@H]1CCCc2cc(N(C)c3ccc(OS(=O)(=O)C(F)(F)F)cn3)ccc21. The van der Waals surface area contributed by atoms with Crippen LogP contribution in [-0.2, 0) is 21.3 Å². The predicted molar refractivity (Wildman–Crippen MR) is 134 cm³/mol. The average molecular weight is 551 g/mol. The lowest BCUT2D eigenvalue weighted by Crippen LogP contribution is -2.28. The number of rotatable bonds is 8. The lowest BCUT2D eigenvalue weighted by atomic mass is 9.82. The molecule has 2 aromatic heterocycles. The lowest BCUT2D eigenvalue weighted by molar-refractivity contribution is -0.0500. The van der Waals surface area contributed by atoms with E-state index < -0.39 is 27.3 Å². The summed E-state index contributed by atoms with van der Waals surface area (Å²) in [6, 6.07) is 10.1. The Labute approximate surface area is 217 Å². The van der Waals surface area contributed by atoms with Crippen molar-refractivity contribution >= 4 is 33.3 Å². The molecular weight excluding hydrogens is 525 g/mol. The third-order valence-electron chi connectivity index (χ3n) is 6.27. The summed E-state index contributed by atoms with van der Waals surface area (Å²) < 4.78 is 69.0. The first kappa shape index (κ1) is 27.2.